The summed E-state index contributed by atoms with van der Waals surface area (Å²) in [5, 5.41) is 3.55. The topological polar surface area (TPSA) is 75.7 Å². The Morgan fingerprint density at radius 2 is 1.96 bits per heavy atom. The largest absolute Gasteiger partial charge is 0.452 e. The third kappa shape index (κ3) is 5.25. The summed E-state index contributed by atoms with van der Waals surface area (Å²) < 4.78 is 5.35. The van der Waals surface area contributed by atoms with Crippen LogP contribution in [0.5, 0.6) is 0 Å². The van der Waals surface area contributed by atoms with E-state index in [1.807, 2.05) is 18.2 Å². The summed E-state index contributed by atoms with van der Waals surface area (Å²) in [6.45, 7) is 2.22. The van der Waals surface area contributed by atoms with Crippen molar-refractivity contribution < 1.29 is 19.1 Å². The highest BCUT2D eigenvalue weighted by atomic mass is 35.5. The van der Waals surface area contributed by atoms with Gasteiger partial charge in [-0.05, 0) is 31.4 Å². The first-order chi connectivity index (χ1) is 13.4. The number of ether oxygens (including phenoxy) is 1. The van der Waals surface area contributed by atoms with Crippen molar-refractivity contribution in [1.82, 2.24) is 10.2 Å². The van der Waals surface area contributed by atoms with E-state index in [1.54, 1.807) is 17.9 Å². The van der Waals surface area contributed by atoms with Gasteiger partial charge in [0.15, 0.2) is 6.10 Å². The van der Waals surface area contributed by atoms with Crippen molar-refractivity contribution in [3.05, 3.63) is 34.9 Å². The lowest BCUT2D eigenvalue weighted by molar-refractivity contribution is -0.158. The Morgan fingerprint density at radius 1 is 1.25 bits per heavy atom. The smallest absolute Gasteiger partial charge is 0.312 e. The zero-order valence-corrected chi connectivity index (χ0v) is 16.9. The van der Waals surface area contributed by atoms with Crippen molar-refractivity contribution >= 4 is 29.4 Å². The second kappa shape index (κ2) is 9.41. The van der Waals surface area contributed by atoms with Crippen LogP contribution in [0.3, 0.4) is 0 Å². The molecule has 1 saturated carbocycles. The van der Waals surface area contributed by atoms with Crippen molar-refractivity contribution in [3.63, 3.8) is 0 Å². The molecule has 7 heteroatoms. The van der Waals surface area contributed by atoms with Crippen LogP contribution in [0.15, 0.2) is 24.3 Å². The van der Waals surface area contributed by atoms with E-state index in [0.29, 0.717) is 11.6 Å². The summed E-state index contributed by atoms with van der Waals surface area (Å²) >= 11 is 6.16. The van der Waals surface area contributed by atoms with Crippen LogP contribution >= 0.6 is 11.6 Å². The molecule has 0 aromatic heterocycles. The number of hydrogen-bond donors (Lipinski definition) is 1. The van der Waals surface area contributed by atoms with Gasteiger partial charge in [0.1, 0.15) is 0 Å². The standard InChI is InChI=1S/C21H27ClN2O4/c1-14(20(26)23-17-8-3-2-4-9-17)28-21(27)16-11-19(25)24(13-16)12-15-7-5-6-10-18(15)22/h5-7,10,14,16-17H,2-4,8-9,11-13H2,1H3,(H,23,26). The van der Waals surface area contributed by atoms with Gasteiger partial charge in [-0.2, -0.15) is 0 Å². The van der Waals surface area contributed by atoms with Gasteiger partial charge in [-0.1, -0.05) is 49.1 Å². The highest BCUT2D eigenvalue weighted by Crippen LogP contribution is 2.24. The number of carbonyl (C=O) groups is 3. The van der Waals surface area contributed by atoms with E-state index in [2.05, 4.69) is 5.32 Å². The summed E-state index contributed by atoms with van der Waals surface area (Å²) in [6.07, 6.45) is 4.62. The maximum atomic E-state index is 12.5. The average Bonchev–Trinajstić information content (AvgIpc) is 3.05. The molecule has 1 saturated heterocycles. The van der Waals surface area contributed by atoms with Gasteiger partial charge in [-0.3, -0.25) is 14.4 Å². The molecule has 2 unspecified atom stereocenters. The van der Waals surface area contributed by atoms with E-state index >= 15 is 0 Å². The van der Waals surface area contributed by atoms with Gasteiger partial charge in [-0.15, -0.1) is 0 Å². The van der Waals surface area contributed by atoms with Gasteiger partial charge in [0, 0.05) is 30.6 Å². The van der Waals surface area contributed by atoms with Crippen LogP contribution in [-0.2, 0) is 25.7 Å². The Balaban J connectivity index is 1.49. The predicted molar refractivity (Wildman–Crippen MR) is 106 cm³/mol. The van der Waals surface area contributed by atoms with Crippen LogP contribution in [0.25, 0.3) is 0 Å². The highest BCUT2D eigenvalue weighted by molar-refractivity contribution is 6.31. The molecule has 1 aliphatic carbocycles. The number of carbonyl (C=O) groups excluding carboxylic acids is 3. The van der Waals surface area contributed by atoms with Crippen molar-refractivity contribution in [2.24, 2.45) is 5.92 Å². The molecule has 2 atom stereocenters. The van der Waals surface area contributed by atoms with Crippen molar-refractivity contribution in [3.8, 4) is 0 Å². The van der Waals surface area contributed by atoms with E-state index in [1.165, 1.54) is 6.42 Å². The first kappa shape index (κ1) is 20.6. The molecule has 1 aromatic carbocycles. The zero-order valence-electron chi connectivity index (χ0n) is 16.2. The lowest BCUT2D eigenvalue weighted by Crippen LogP contribution is -2.43. The SMILES string of the molecule is CC(OC(=O)C1CC(=O)N(Cc2ccccc2Cl)C1)C(=O)NC1CCCCC1. The number of halogens is 1. The molecule has 0 spiro atoms. The molecule has 3 rings (SSSR count). The molecule has 2 aliphatic rings. The molecule has 0 bridgehead atoms. The number of nitrogens with zero attached hydrogens (tertiary/aromatic N) is 1. The Bertz CT molecular complexity index is 733. The first-order valence-corrected chi connectivity index (χ1v) is 10.3. The second-order valence-electron chi connectivity index (χ2n) is 7.69. The second-order valence-corrected chi connectivity index (χ2v) is 8.10. The lowest BCUT2D eigenvalue weighted by atomic mass is 9.95. The van der Waals surface area contributed by atoms with E-state index in [9.17, 15) is 14.4 Å². The molecule has 28 heavy (non-hydrogen) atoms. The van der Waals surface area contributed by atoms with Crippen molar-refractivity contribution in [1.29, 1.82) is 0 Å². The molecule has 1 aromatic rings. The van der Waals surface area contributed by atoms with Crippen LogP contribution in [0.2, 0.25) is 5.02 Å². The zero-order chi connectivity index (χ0) is 20.1. The van der Waals surface area contributed by atoms with Crippen LogP contribution in [-0.4, -0.2) is 41.4 Å². The number of benzene rings is 1. The third-order valence-corrected chi connectivity index (χ3v) is 5.85. The molecular weight excluding hydrogens is 380 g/mol. The monoisotopic (exact) mass is 406 g/mol. The molecule has 152 valence electrons. The number of likely N-dealkylation sites (tertiary alicyclic amines) is 1. The van der Waals surface area contributed by atoms with E-state index < -0.39 is 18.0 Å². The average molecular weight is 407 g/mol. The van der Waals surface area contributed by atoms with Gasteiger partial charge >= 0.3 is 5.97 Å². The van der Waals surface area contributed by atoms with E-state index in [4.69, 9.17) is 16.3 Å². The number of amides is 2. The van der Waals surface area contributed by atoms with E-state index in [0.717, 1.165) is 31.2 Å². The van der Waals surface area contributed by atoms with Crippen LogP contribution < -0.4 is 5.32 Å². The number of nitrogens with one attached hydrogen (secondary N) is 1. The molecule has 1 aliphatic heterocycles. The Labute approximate surface area is 170 Å². The Morgan fingerprint density at radius 3 is 2.68 bits per heavy atom. The minimum absolute atomic E-state index is 0.0975. The normalized spacial score (nSPS) is 21.4. The molecule has 0 radical (unpaired) electrons. The fourth-order valence-corrected chi connectivity index (χ4v) is 4.00. The molecule has 2 amide bonds. The van der Waals surface area contributed by atoms with Crippen LogP contribution in [0.4, 0.5) is 0 Å². The van der Waals surface area contributed by atoms with Gasteiger partial charge in [0.25, 0.3) is 5.91 Å². The maximum absolute atomic E-state index is 12.5. The Hall–Kier alpha value is -2.08. The molecule has 1 heterocycles. The van der Waals surface area contributed by atoms with Crippen LogP contribution in [0.1, 0.15) is 51.0 Å². The third-order valence-electron chi connectivity index (χ3n) is 5.48. The molecule has 1 N–H and O–H groups in total. The summed E-state index contributed by atoms with van der Waals surface area (Å²) in [5.74, 6) is -1.43. The first-order valence-electron chi connectivity index (χ1n) is 9.96. The molecule has 6 nitrogen and oxygen atoms in total. The van der Waals surface area contributed by atoms with Gasteiger partial charge < -0.3 is 15.0 Å². The number of esters is 1. The van der Waals surface area contributed by atoms with Crippen molar-refractivity contribution in [2.75, 3.05) is 6.54 Å². The molecular formula is C21H27ClN2O4. The summed E-state index contributed by atoms with van der Waals surface area (Å²) in [5.41, 5.74) is 0.840. The minimum Gasteiger partial charge on any atom is -0.452 e. The summed E-state index contributed by atoms with van der Waals surface area (Å²) in [4.78, 5) is 38.6. The number of rotatable bonds is 6. The molecule has 2 fully saturated rings. The summed E-state index contributed by atoms with van der Waals surface area (Å²) in [7, 11) is 0. The Kier molecular flexibility index (Phi) is 6.94. The fourth-order valence-electron chi connectivity index (χ4n) is 3.80. The lowest BCUT2D eigenvalue weighted by Gasteiger charge is -2.24. The van der Waals surface area contributed by atoms with E-state index in [-0.39, 0.29) is 30.8 Å². The highest BCUT2D eigenvalue weighted by Gasteiger charge is 2.37. The maximum Gasteiger partial charge on any atom is 0.312 e. The van der Waals surface area contributed by atoms with Gasteiger partial charge in [-0.25, -0.2) is 0 Å². The number of hydrogen-bond acceptors (Lipinski definition) is 4. The minimum atomic E-state index is -0.859. The van der Waals surface area contributed by atoms with Gasteiger partial charge in [0.05, 0.1) is 5.92 Å². The van der Waals surface area contributed by atoms with Gasteiger partial charge in [0.2, 0.25) is 5.91 Å². The van der Waals surface area contributed by atoms with Crippen molar-refractivity contribution in [2.45, 2.75) is 64.1 Å². The quantitative estimate of drug-likeness (QED) is 0.736. The van der Waals surface area contributed by atoms with Crippen LogP contribution in [0, 0.1) is 5.92 Å². The predicted octanol–water partition coefficient (Wildman–Crippen LogP) is 3.07. The fraction of sp³-hybridized carbons (Fsp3) is 0.571. The summed E-state index contributed by atoms with van der Waals surface area (Å²) in [6, 6.07) is 7.49.